The van der Waals surface area contributed by atoms with Gasteiger partial charge >= 0.3 is 5.97 Å². The van der Waals surface area contributed by atoms with Crippen LogP contribution in [0.15, 0.2) is 24.5 Å². The Morgan fingerprint density at radius 2 is 2.14 bits per heavy atom. The molecule has 120 valence electrons. The molecule has 0 aliphatic carbocycles. The topological polar surface area (TPSA) is 97.8 Å². The van der Waals surface area contributed by atoms with Gasteiger partial charge in [0.15, 0.2) is 0 Å². The summed E-state index contributed by atoms with van der Waals surface area (Å²) in [5.74, 6) is -0.582. The molecule has 2 rings (SSSR count). The summed E-state index contributed by atoms with van der Waals surface area (Å²) in [5.41, 5.74) is 0.503. The summed E-state index contributed by atoms with van der Waals surface area (Å²) < 4.78 is 10.3. The minimum Gasteiger partial charge on any atom is -0.469 e. The zero-order valence-corrected chi connectivity index (χ0v) is 12.4. The van der Waals surface area contributed by atoms with Gasteiger partial charge in [-0.05, 0) is 25.0 Å². The van der Waals surface area contributed by atoms with Gasteiger partial charge in [0.05, 0.1) is 32.3 Å². The number of nitrogens with one attached hydrogen (secondary N) is 1. The number of rotatable bonds is 5. The zero-order valence-electron chi connectivity index (χ0n) is 12.4. The number of pyridine rings is 1. The lowest BCUT2D eigenvalue weighted by molar-refractivity contribution is -0.149. The Hall–Kier alpha value is -1.99. The Bertz CT molecular complexity index is 508. The second-order valence-corrected chi connectivity index (χ2v) is 5.15. The summed E-state index contributed by atoms with van der Waals surface area (Å²) in [6, 6.07) is 2.94. The molecule has 1 aliphatic rings. The number of ether oxygens (including phenoxy) is 2. The molecule has 1 fully saturated rings. The van der Waals surface area contributed by atoms with Crippen LogP contribution < -0.4 is 5.32 Å². The van der Waals surface area contributed by atoms with E-state index in [1.165, 1.54) is 7.11 Å². The average molecular weight is 308 g/mol. The first-order valence-corrected chi connectivity index (χ1v) is 7.18. The third-order valence-corrected chi connectivity index (χ3v) is 3.68. The lowest BCUT2D eigenvalue weighted by atomic mass is 9.97. The second kappa shape index (κ2) is 7.86. The molecule has 22 heavy (non-hydrogen) atoms. The molecule has 7 heteroatoms. The Morgan fingerprint density at radius 3 is 2.77 bits per heavy atom. The summed E-state index contributed by atoms with van der Waals surface area (Å²) >= 11 is 0. The van der Waals surface area contributed by atoms with Gasteiger partial charge in [0, 0.05) is 18.0 Å². The first-order valence-electron chi connectivity index (χ1n) is 7.18. The highest BCUT2D eigenvalue weighted by Gasteiger charge is 2.33. The number of carbonyl (C=O) groups is 2. The molecule has 3 atom stereocenters. The van der Waals surface area contributed by atoms with Crippen LogP contribution in [0.5, 0.6) is 0 Å². The maximum Gasteiger partial charge on any atom is 0.308 e. The largest absolute Gasteiger partial charge is 0.469 e. The molecule has 2 heterocycles. The third kappa shape index (κ3) is 4.25. The van der Waals surface area contributed by atoms with Gasteiger partial charge in [0.1, 0.15) is 6.10 Å². The van der Waals surface area contributed by atoms with Crippen molar-refractivity contribution in [2.24, 2.45) is 0 Å². The molecule has 7 nitrogen and oxygen atoms in total. The van der Waals surface area contributed by atoms with E-state index >= 15 is 0 Å². The molecule has 0 saturated carbocycles. The number of carbonyl (C=O) groups excluding carboxylic acids is 2. The first-order chi connectivity index (χ1) is 10.6. The average Bonchev–Trinajstić information content (AvgIpc) is 2.56. The van der Waals surface area contributed by atoms with Crippen molar-refractivity contribution in [2.45, 2.75) is 37.5 Å². The molecule has 1 aromatic heterocycles. The van der Waals surface area contributed by atoms with Gasteiger partial charge < -0.3 is 19.9 Å². The van der Waals surface area contributed by atoms with Crippen LogP contribution in [0.2, 0.25) is 0 Å². The molecule has 1 saturated heterocycles. The highest BCUT2D eigenvalue weighted by Crippen LogP contribution is 2.22. The SMILES string of the molecule is COC(=O)C[C@H]1CC[C@@H](NC(=O)c2ccncc2)[C@@H](CO)O1. The first kappa shape index (κ1) is 16.4. The van der Waals surface area contributed by atoms with Gasteiger partial charge in [-0.25, -0.2) is 0 Å². The Morgan fingerprint density at radius 1 is 1.41 bits per heavy atom. The lowest BCUT2D eigenvalue weighted by Gasteiger charge is -2.35. The van der Waals surface area contributed by atoms with Crippen molar-refractivity contribution >= 4 is 11.9 Å². The van der Waals surface area contributed by atoms with Crippen LogP contribution in [0.3, 0.4) is 0 Å². The normalized spacial score (nSPS) is 24.5. The molecule has 1 aliphatic heterocycles. The van der Waals surface area contributed by atoms with Crippen molar-refractivity contribution in [3.63, 3.8) is 0 Å². The number of hydrogen-bond donors (Lipinski definition) is 2. The predicted molar refractivity (Wildman–Crippen MR) is 77.1 cm³/mol. The molecular formula is C15H20N2O5. The van der Waals surface area contributed by atoms with E-state index in [4.69, 9.17) is 4.74 Å². The summed E-state index contributed by atoms with van der Waals surface area (Å²) in [5, 5.41) is 12.3. The molecule has 0 unspecified atom stereocenters. The van der Waals surface area contributed by atoms with E-state index in [-0.39, 0.29) is 37.0 Å². The number of aliphatic hydroxyl groups excluding tert-OH is 1. The fourth-order valence-electron chi connectivity index (χ4n) is 2.47. The number of aromatic nitrogens is 1. The van der Waals surface area contributed by atoms with Crippen LogP contribution in [0.4, 0.5) is 0 Å². The summed E-state index contributed by atoms with van der Waals surface area (Å²) in [7, 11) is 1.33. The van der Waals surface area contributed by atoms with Crippen LogP contribution in [0.1, 0.15) is 29.6 Å². The van der Waals surface area contributed by atoms with Gasteiger partial charge in [-0.2, -0.15) is 0 Å². The number of methoxy groups -OCH3 is 1. The van der Waals surface area contributed by atoms with Crippen LogP contribution >= 0.6 is 0 Å². The maximum atomic E-state index is 12.1. The quantitative estimate of drug-likeness (QED) is 0.758. The molecule has 0 aromatic carbocycles. The van der Waals surface area contributed by atoms with Gasteiger partial charge in [-0.3, -0.25) is 14.6 Å². The smallest absolute Gasteiger partial charge is 0.308 e. The minimum atomic E-state index is -0.533. The molecule has 1 aromatic rings. The molecule has 1 amide bonds. The number of amides is 1. The highest BCUT2D eigenvalue weighted by molar-refractivity contribution is 5.94. The van der Waals surface area contributed by atoms with Crippen LogP contribution in [-0.4, -0.2) is 53.9 Å². The summed E-state index contributed by atoms with van der Waals surface area (Å²) in [6.07, 6.45) is 3.66. The van der Waals surface area contributed by atoms with E-state index in [0.29, 0.717) is 18.4 Å². The Balaban J connectivity index is 1.92. The molecule has 2 N–H and O–H groups in total. The Kier molecular flexibility index (Phi) is 5.85. The number of aliphatic hydroxyl groups is 1. The zero-order chi connectivity index (χ0) is 15.9. The fourth-order valence-corrected chi connectivity index (χ4v) is 2.47. The molecule has 0 bridgehead atoms. The fraction of sp³-hybridized carbons (Fsp3) is 0.533. The lowest BCUT2D eigenvalue weighted by Crippen LogP contribution is -2.51. The maximum absolute atomic E-state index is 12.1. The molecular weight excluding hydrogens is 288 g/mol. The van der Waals surface area contributed by atoms with Crippen molar-refractivity contribution in [1.29, 1.82) is 0 Å². The monoisotopic (exact) mass is 308 g/mol. The number of esters is 1. The van der Waals surface area contributed by atoms with Crippen molar-refractivity contribution in [2.75, 3.05) is 13.7 Å². The third-order valence-electron chi connectivity index (χ3n) is 3.68. The standard InChI is InChI=1S/C15H20N2O5/c1-21-14(19)8-11-2-3-12(13(9-18)22-11)17-15(20)10-4-6-16-7-5-10/h4-7,11-13,18H,2-3,8-9H2,1H3,(H,17,20)/t11-,12-,13-/m1/s1. The van der Waals surface area contributed by atoms with Crippen LogP contribution in [0, 0.1) is 0 Å². The Labute approximate surface area is 128 Å². The van der Waals surface area contributed by atoms with E-state index in [1.54, 1.807) is 24.5 Å². The summed E-state index contributed by atoms with van der Waals surface area (Å²) in [6.45, 7) is -0.223. The van der Waals surface area contributed by atoms with Gasteiger partial charge in [-0.1, -0.05) is 0 Å². The van der Waals surface area contributed by atoms with Gasteiger partial charge in [0.25, 0.3) is 5.91 Å². The van der Waals surface area contributed by atoms with E-state index in [9.17, 15) is 14.7 Å². The second-order valence-electron chi connectivity index (χ2n) is 5.15. The van der Waals surface area contributed by atoms with Crippen molar-refractivity contribution in [3.05, 3.63) is 30.1 Å². The van der Waals surface area contributed by atoms with E-state index in [2.05, 4.69) is 15.0 Å². The van der Waals surface area contributed by atoms with Gasteiger partial charge in [-0.15, -0.1) is 0 Å². The van der Waals surface area contributed by atoms with Crippen molar-refractivity contribution in [1.82, 2.24) is 10.3 Å². The minimum absolute atomic E-state index is 0.151. The number of nitrogens with zero attached hydrogens (tertiary/aromatic N) is 1. The van der Waals surface area contributed by atoms with Crippen LogP contribution in [0.25, 0.3) is 0 Å². The van der Waals surface area contributed by atoms with Crippen LogP contribution in [-0.2, 0) is 14.3 Å². The summed E-state index contributed by atoms with van der Waals surface area (Å²) in [4.78, 5) is 27.3. The van der Waals surface area contributed by atoms with Crippen molar-refractivity contribution < 1.29 is 24.2 Å². The van der Waals surface area contributed by atoms with E-state index in [1.807, 2.05) is 0 Å². The van der Waals surface area contributed by atoms with E-state index < -0.39 is 6.10 Å². The van der Waals surface area contributed by atoms with E-state index in [0.717, 1.165) is 0 Å². The van der Waals surface area contributed by atoms with Gasteiger partial charge in [0.2, 0.25) is 0 Å². The van der Waals surface area contributed by atoms with Crippen molar-refractivity contribution in [3.8, 4) is 0 Å². The highest BCUT2D eigenvalue weighted by atomic mass is 16.5. The molecule has 0 spiro atoms. The predicted octanol–water partition coefficient (Wildman–Crippen LogP) is 0.283. The molecule has 0 radical (unpaired) electrons. The number of hydrogen-bond acceptors (Lipinski definition) is 6.